The summed E-state index contributed by atoms with van der Waals surface area (Å²) in [4.78, 5) is 25.7. The van der Waals surface area contributed by atoms with E-state index in [0.717, 1.165) is 0 Å². The molecule has 0 saturated carbocycles. The van der Waals surface area contributed by atoms with Crippen LogP contribution in [0.2, 0.25) is 0 Å². The summed E-state index contributed by atoms with van der Waals surface area (Å²) in [6.07, 6.45) is 0.867. The molecule has 0 aromatic heterocycles. The van der Waals surface area contributed by atoms with Crippen LogP contribution in [-0.4, -0.2) is 50.9 Å². The summed E-state index contributed by atoms with van der Waals surface area (Å²) in [5.41, 5.74) is 1.11. The van der Waals surface area contributed by atoms with Crippen molar-refractivity contribution < 1.29 is 28.5 Å². The molecule has 0 atom stereocenters. The van der Waals surface area contributed by atoms with Crippen LogP contribution in [0.25, 0.3) is 5.57 Å². The number of nitrogens with zero attached hydrogens (tertiary/aromatic N) is 1. The zero-order valence-electron chi connectivity index (χ0n) is 16.3. The molecule has 0 aliphatic rings. The predicted octanol–water partition coefficient (Wildman–Crippen LogP) is 3.51. The first-order chi connectivity index (χ1) is 12.4. The summed E-state index contributed by atoms with van der Waals surface area (Å²) in [6, 6.07) is 3.23. The second-order valence-electron chi connectivity index (χ2n) is 5.32. The van der Waals surface area contributed by atoms with Crippen molar-refractivity contribution in [1.29, 1.82) is 0 Å². The monoisotopic (exact) mass is 365 g/mol. The molecule has 0 aliphatic carbocycles. The Morgan fingerprint density at radius 3 is 2.08 bits per heavy atom. The highest BCUT2D eigenvalue weighted by Crippen LogP contribution is 2.38. The van der Waals surface area contributed by atoms with E-state index in [4.69, 9.17) is 18.9 Å². The van der Waals surface area contributed by atoms with Gasteiger partial charge < -0.3 is 23.8 Å². The topological polar surface area (TPSA) is 74.3 Å². The standard InChI is InChI=1S/C19H27NO6/c1-7-20(8-2)19(22)26-15-12-17(24-6)16(23-5)11-14(15)13(4)10-18(21)25-9-3/h10-12H,7-9H2,1-6H3/b13-10+. The van der Waals surface area contributed by atoms with Crippen molar-refractivity contribution in [2.75, 3.05) is 33.9 Å². The molecule has 144 valence electrons. The van der Waals surface area contributed by atoms with Gasteiger partial charge in [0, 0.05) is 30.8 Å². The molecule has 1 aromatic carbocycles. The maximum Gasteiger partial charge on any atom is 0.415 e. The molecule has 0 N–H and O–H groups in total. The van der Waals surface area contributed by atoms with E-state index in [1.54, 1.807) is 30.9 Å². The average molecular weight is 365 g/mol. The Kier molecular flexibility index (Phi) is 8.48. The van der Waals surface area contributed by atoms with Crippen molar-refractivity contribution in [3.63, 3.8) is 0 Å². The van der Waals surface area contributed by atoms with E-state index in [2.05, 4.69) is 0 Å². The third-order valence-corrected chi connectivity index (χ3v) is 3.75. The lowest BCUT2D eigenvalue weighted by Gasteiger charge is -2.20. The normalized spacial score (nSPS) is 10.9. The molecule has 0 spiro atoms. The molecule has 1 rings (SSSR count). The van der Waals surface area contributed by atoms with Crippen LogP contribution in [-0.2, 0) is 9.53 Å². The Hall–Kier alpha value is -2.70. The van der Waals surface area contributed by atoms with Gasteiger partial charge in [-0.3, -0.25) is 0 Å². The lowest BCUT2D eigenvalue weighted by atomic mass is 10.0. The number of hydrogen-bond donors (Lipinski definition) is 0. The van der Waals surface area contributed by atoms with E-state index < -0.39 is 12.1 Å². The molecule has 0 saturated heterocycles. The van der Waals surface area contributed by atoms with E-state index in [1.807, 2.05) is 13.8 Å². The van der Waals surface area contributed by atoms with Crippen LogP contribution in [0.4, 0.5) is 4.79 Å². The molecule has 0 unspecified atom stereocenters. The summed E-state index contributed by atoms with van der Waals surface area (Å²) in [5.74, 6) is 0.683. The predicted molar refractivity (Wildman–Crippen MR) is 98.8 cm³/mol. The molecule has 0 bridgehead atoms. The van der Waals surface area contributed by atoms with E-state index in [9.17, 15) is 9.59 Å². The van der Waals surface area contributed by atoms with Crippen molar-refractivity contribution in [3.05, 3.63) is 23.8 Å². The number of esters is 1. The van der Waals surface area contributed by atoms with Crippen molar-refractivity contribution in [2.24, 2.45) is 0 Å². The number of ether oxygens (including phenoxy) is 4. The number of carbonyl (C=O) groups excluding carboxylic acids is 2. The zero-order valence-corrected chi connectivity index (χ0v) is 16.3. The number of allylic oxidation sites excluding steroid dienone is 1. The number of methoxy groups -OCH3 is 2. The number of hydrogen-bond acceptors (Lipinski definition) is 6. The lowest BCUT2D eigenvalue weighted by Crippen LogP contribution is -2.33. The minimum absolute atomic E-state index is 0.276. The Morgan fingerprint density at radius 1 is 1.00 bits per heavy atom. The molecule has 0 heterocycles. The molecule has 1 amide bonds. The fourth-order valence-electron chi connectivity index (χ4n) is 2.33. The average Bonchev–Trinajstić information content (AvgIpc) is 2.62. The zero-order chi connectivity index (χ0) is 19.7. The van der Waals surface area contributed by atoms with Crippen LogP contribution in [0.1, 0.15) is 33.3 Å². The Balaban J connectivity index is 3.36. The largest absolute Gasteiger partial charge is 0.493 e. The summed E-state index contributed by atoms with van der Waals surface area (Å²) in [7, 11) is 3.00. The molecule has 0 fully saturated rings. The second-order valence-corrected chi connectivity index (χ2v) is 5.32. The van der Waals surface area contributed by atoms with Crippen molar-refractivity contribution in [1.82, 2.24) is 4.90 Å². The van der Waals surface area contributed by atoms with E-state index in [-0.39, 0.29) is 12.4 Å². The van der Waals surface area contributed by atoms with Gasteiger partial charge in [0.05, 0.1) is 20.8 Å². The highest BCUT2D eigenvalue weighted by molar-refractivity contribution is 5.92. The number of rotatable bonds is 8. The van der Waals surface area contributed by atoms with Gasteiger partial charge in [-0.15, -0.1) is 0 Å². The summed E-state index contributed by atoms with van der Waals surface area (Å²) >= 11 is 0. The van der Waals surface area contributed by atoms with Crippen LogP contribution in [0.5, 0.6) is 17.2 Å². The minimum atomic E-state index is -0.479. The van der Waals surface area contributed by atoms with Gasteiger partial charge in [0.2, 0.25) is 0 Å². The molecular formula is C19H27NO6. The van der Waals surface area contributed by atoms with Gasteiger partial charge in [0.25, 0.3) is 0 Å². The van der Waals surface area contributed by atoms with Gasteiger partial charge in [-0.1, -0.05) is 0 Å². The van der Waals surface area contributed by atoms with Gasteiger partial charge in [-0.2, -0.15) is 0 Å². The van der Waals surface area contributed by atoms with E-state index in [0.29, 0.717) is 35.7 Å². The van der Waals surface area contributed by atoms with Gasteiger partial charge in [0.1, 0.15) is 5.75 Å². The first kappa shape index (κ1) is 21.3. The highest BCUT2D eigenvalue weighted by Gasteiger charge is 2.19. The van der Waals surface area contributed by atoms with Gasteiger partial charge in [-0.25, -0.2) is 9.59 Å². The molecule has 0 radical (unpaired) electrons. The fourth-order valence-corrected chi connectivity index (χ4v) is 2.33. The number of amides is 1. The number of benzene rings is 1. The van der Waals surface area contributed by atoms with Gasteiger partial charge in [-0.05, 0) is 39.3 Å². The van der Waals surface area contributed by atoms with Crippen LogP contribution >= 0.6 is 0 Å². The Bertz CT molecular complexity index is 664. The van der Waals surface area contributed by atoms with Gasteiger partial charge in [0.15, 0.2) is 11.5 Å². The van der Waals surface area contributed by atoms with Crippen LogP contribution < -0.4 is 14.2 Å². The Morgan fingerprint density at radius 2 is 1.58 bits per heavy atom. The quantitative estimate of drug-likeness (QED) is 0.518. The first-order valence-corrected chi connectivity index (χ1v) is 8.49. The van der Waals surface area contributed by atoms with Crippen molar-refractivity contribution >= 4 is 17.6 Å². The first-order valence-electron chi connectivity index (χ1n) is 8.49. The maximum absolute atomic E-state index is 12.3. The number of carbonyl (C=O) groups is 2. The molecular weight excluding hydrogens is 338 g/mol. The summed E-state index contributed by atoms with van der Waals surface area (Å²) in [6.45, 7) is 8.52. The molecule has 26 heavy (non-hydrogen) atoms. The van der Waals surface area contributed by atoms with E-state index in [1.165, 1.54) is 20.3 Å². The lowest BCUT2D eigenvalue weighted by molar-refractivity contribution is -0.137. The fraction of sp³-hybridized carbons (Fsp3) is 0.474. The maximum atomic E-state index is 12.3. The summed E-state index contributed by atoms with van der Waals surface area (Å²) < 4.78 is 21.1. The van der Waals surface area contributed by atoms with Crippen molar-refractivity contribution in [2.45, 2.75) is 27.7 Å². The molecule has 7 nitrogen and oxygen atoms in total. The summed E-state index contributed by atoms with van der Waals surface area (Å²) in [5, 5.41) is 0. The second kappa shape index (κ2) is 10.3. The molecule has 0 aliphatic heterocycles. The van der Waals surface area contributed by atoms with Crippen LogP contribution in [0, 0.1) is 0 Å². The molecule has 7 heteroatoms. The third kappa shape index (κ3) is 5.40. The van der Waals surface area contributed by atoms with Crippen LogP contribution in [0.3, 0.4) is 0 Å². The SMILES string of the molecule is CCOC(=O)/C=C(\C)c1cc(OC)c(OC)cc1OC(=O)N(CC)CC. The van der Waals surface area contributed by atoms with Gasteiger partial charge >= 0.3 is 12.1 Å². The van der Waals surface area contributed by atoms with Crippen LogP contribution in [0.15, 0.2) is 18.2 Å². The highest BCUT2D eigenvalue weighted by atomic mass is 16.6. The Labute approximate surface area is 154 Å². The molecule has 1 aromatic rings. The smallest absolute Gasteiger partial charge is 0.415 e. The third-order valence-electron chi connectivity index (χ3n) is 3.75. The van der Waals surface area contributed by atoms with E-state index >= 15 is 0 Å². The minimum Gasteiger partial charge on any atom is -0.493 e. The van der Waals surface area contributed by atoms with Crippen molar-refractivity contribution in [3.8, 4) is 17.2 Å².